The van der Waals surface area contributed by atoms with Crippen LogP contribution in [-0.4, -0.2) is 18.1 Å². The highest BCUT2D eigenvalue weighted by atomic mass is 14.9. The van der Waals surface area contributed by atoms with Crippen LogP contribution >= 0.6 is 0 Å². The van der Waals surface area contributed by atoms with E-state index in [-0.39, 0.29) is 0 Å². The molecule has 66 valence electrons. The van der Waals surface area contributed by atoms with Gasteiger partial charge in [-0.15, -0.1) is 0 Å². The van der Waals surface area contributed by atoms with Crippen molar-refractivity contribution in [3.8, 4) is 0 Å². The van der Waals surface area contributed by atoms with E-state index in [1.807, 2.05) is 0 Å². The van der Waals surface area contributed by atoms with Crippen LogP contribution in [0.5, 0.6) is 0 Å². The molecule has 1 aromatic heterocycles. The van der Waals surface area contributed by atoms with E-state index in [0.29, 0.717) is 0 Å². The number of hydrogen-bond donors (Lipinski definition) is 2. The molecule has 3 N–H and O–H groups in total. The third-order valence-corrected chi connectivity index (χ3v) is 1.66. The van der Waals surface area contributed by atoms with E-state index in [2.05, 4.69) is 10.3 Å². The van der Waals surface area contributed by atoms with Gasteiger partial charge < -0.3 is 11.1 Å². The van der Waals surface area contributed by atoms with Crippen LogP contribution in [0.3, 0.4) is 0 Å². The Labute approximate surface area is 73.0 Å². The Balaban J connectivity index is 0.000000127. The van der Waals surface area contributed by atoms with E-state index in [1.54, 1.807) is 24.5 Å². The Bertz CT molecular complexity index is 187. The minimum absolute atomic E-state index is 0.759. The van der Waals surface area contributed by atoms with E-state index in [0.717, 1.165) is 5.69 Å². The summed E-state index contributed by atoms with van der Waals surface area (Å²) >= 11 is 0. The molecule has 0 saturated carbocycles. The van der Waals surface area contributed by atoms with Crippen molar-refractivity contribution in [2.45, 2.75) is 12.8 Å². The summed E-state index contributed by atoms with van der Waals surface area (Å²) in [5.41, 5.74) is 6.08. The molecule has 3 nitrogen and oxygen atoms in total. The molecule has 0 radical (unpaired) electrons. The number of pyridine rings is 1. The zero-order valence-corrected chi connectivity index (χ0v) is 7.16. The van der Waals surface area contributed by atoms with Gasteiger partial charge in [-0.3, -0.25) is 4.98 Å². The number of nitrogens with zero attached hydrogens (tertiary/aromatic N) is 1. The number of hydrogen-bond acceptors (Lipinski definition) is 3. The highest BCUT2D eigenvalue weighted by molar-refractivity contribution is 5.33. The molecule has 0 aliphatic carbocycles. The van der Waals surface area contributed by atoms with E-state index in [9.17, 15) is 0 Å². The van der Waals surface area contributed by atoms with E-state index < -0.39 is 0 Å². The van der Waals surface area contributed by atoms with Gasteiger partial charge in [0.1, 0.15) is 0 Å². The average Bonchev–Trinajstić information content (AvgIpc) is 2.62. The number of nitrogens with two attached hydrogens (primary N) is 1. The van der Waals surface area contributed by atoms with Crippen molar-refractivity contribution in [1.29, 1.82) is 0 Å². The maximum absolute atomic E-state index is 5.32. The molecule has 2 rings (SSSR count). The van der Waals surface area contributed by atoms with Gasteiger partial charge >= 0.3 is 0 Å². The molecule has 1 fully saturated rings. The third kappa shape index (κ3) is 3.93. The summed E-state index contributed by atoms with van der Waals surface area (Å²) in [7, 11) is 0. The first-order valence-corrected chi connectivity index (χ1v) is 4.26. The number of rotatable bonds is 0. The van der Waals surface area contributed by atoms with Gasteiger partial charge in [0.25, 0.3) is 0 Å². The molecule has 0 bridgehead atoms. The average molecular weight is 165 g/mol. The zero-order chi connectivity index (χ0) is 8.65. The van der Waals surface area contributed by atoms with E-state index >= 15 is 0 Å². The van der Waals surface area contributed by atoms with Crippen molar-refractivity contribution in [3.05, 3.63) is 24.5 Å². The van der Waals surface area contributed by atoms with E-state index in [4.69, 9.17) is 5.73 Å². The minimum Gasteiger partial charge on any atom is -0.399 e. The lowest BCUT2D eigenvalue weighted by Crippen LogP contribution is -2.03. The maximum atomic E-state index is 5.32. The molecule has 12 heavy (non-hydrogen) atoms. The molecule has 0 atom stereocenters. The van der Waals surface area contributed by atoms with Gasteiger partial charge in [0.05, 0.1) is 0 Å². The Hall–Kier alpha value is -1.09. The fourth-order valence-electron chi connectivity index (χ4n) is 0.988. The van der Waals surface area contributed by atoms with Crippen LogP contribution in [0.2, 0.25) is 0 Å². The fraction of sp³-hybridized carbons (Fsp3) is 0.444. The molecular weight excluding hydrogens is 150 g/mol. The van der Waals surface area contributed by atoms with Crippen molar-refractivity contribution in [2.24, 2.45) is 0 Å². The summed E-state index contributed by atoms with van der Waals surface area (Å²) < 4.78 is 0. The van der Waals surface area contributed by atoms with Gasteiger partial charge in [0.15, 0.2) is 0 Å². The molecule has 3 heteroatoms. The smallest absolute Gasteiger partial charge is 0.0344 e. The highest BCUT2D eigenvalue weighted by Crippen LogP contribution is 1.92. The van der Waals surface area contributed by atoms with Crippen molar-refractivity contribution in [2.75, 3.05) is 18.8 Å². The fourth-order valence-corrected chi connectivity index (χ4v) is 0.988. The van der Waals surface area contributed by atoms with Gasteiger partial charge in [0, 0.05) is 18.1 Å². The Morgan fingerprint density at radius 3 is 2.00 bits per heavy atom. The maximum Gasteiger partial charge on any atom is 0.0344 e. The minimum atomic E-state index is 0.759. The number of nitrogens with one attached hydrogen (secondary N) is 1. The normalized spacial score (nSPS) is 15.0. The zero-order valence-electron chi connectivity index (χ0n) is 7.16. The predicted octanol–water partition coefficient (Wildman–Crippen LogP) is 1.03. The van der Waals surface area contributed by atoms with Gasteiger partial charge in [-0.05, 0) is 38.1 Å². The lowest BCUT2D eigenvalue weighted by Gasteiger charge is -1.83. The molecule has 0 unspecified atom stereocenters. The molecule has 0 amide bonds. The van der Waals surface area contributed by atoms with Crippen LogP contribution in [0.4, 0.5) is 5.69 Å². The molecule has 2 heterocycles. The lowest BCUT2D eigenvalue weighted by atomic mass is 10.4. The number of aromatic nitrogens is 1. The molecule has 1 aliphatic heterocycles. The quantitative estimate of drug-likeness (QED) is 0.603. The summed E-state index contributed by atoms with van der Waals surface area (Å²) in [6.07, 6.45) is 6.10. The van der Waals surface area contributed by atoms with Crippen molar-refractivity contribution in [3.63, 3.8) is 0 Å². The summed E-state index contributed by atoms with van der Waals surface area (Å²) in [4.78, 5) is 3.77. The predicted molar refractivity (Wildman–Crippen MR) is 50.8 cm³/mol. The topological polar surface area (TPSA) is 50.9 Å². The van der Waals surface area contributed by atoms with Gasteiger partial charge in [-0.25, -0.2) is 0 Å². The van der Waals surface area contributed by atoms with Crippen molar-refractivity contribution >= 4 is 5.69 Å². The van der Waals surface area contributed by atoms with Gasteiger partial charge in [0.2, 0.25) is 0 Å². The summed E-state index contributed by atoms with van der Waals surface area (Å²) in [6, 6.07) is 3.50. The van der Waals surface area contributed by atoms with Crippen molar-refractivity contribution < 1.29 is 0 Å². The summed E-state index contributed by atoms with van der Waals surface area (Å²) in [5.74, 6) is 0. The van der Waals surface area contributed by atoms with Crippen LogP contribution in [-0.2, 0) is 0 Å². The third-order valence-electron chi connectivity index (χ3n) is 1.66. The molecule has 1 aromatic rings. The largest absolute Gasteiger partial charge is 0.399 e. The highest BCUT2D eigenvalue weighted by Gasteiger charge is 1.93. The summed E-state index contributed by atoms with van der Waals surface area (Å²) in [5, 5.41) is 3.22. The molecule has 1 saturated heterocycles. The number of anilines is 1. The molecule has 0 spiro atoms. The monoisotopic (exact) mass is 165 g/mol. The Morgan fingerprint density at radius 1 is 1.17 bits per heavy atom. The summed E-state index contributed by atoms with van der Waals surface area (Å²) in [6.45, 7) is 2.50. The molecular formula is C9H15N3. The van der Waals surface area contributed by atoms with Crippen LogP contribution in [0, 0.1) is 0 Å². The van der Waals surface area contributed by atoms with Gasteiger partial charge in [-0.1, -0.05) is 0 Å². The first kappa shape index (κ1) is 9.00. The van der Waals surface area contributed by atoms with Crippen LogP contribution in [0.1, 0.15) is 12.8 Å². The SMILES string of the molecule is C1CCNC1.Nc1ccncc1. The van der Waals surface area contributed by atoms with Gasteiger partial charge in [-0.2, -0.15) is 0 Å². The lowest BCUT2D eigenvalue weighted by molar-refractivity contribution is 0.857. The Morgan fingerprint density at radius 2 is 1.75 bits per heavy atom. The molecule has 0 aromatic carbocycles. The second-order valence-corrected chi connectivity index (χ2v) is 2.74. The molecule has 1 aliphatic rings. The van der Waals surface area contributed by atoms with Crippen molar-refractivity contribution in [1.82, 2.24) is 10.3 Å². The first-order chi connectivity index (χ1) is 5.89. The second kappa shape index (κ2) is 5.55. The standard InChI is InChI=1S/C5H6N2.C4H9N/c6-5-1-3-7-4-2-5;1-2-4-5-3-1/h1-4H,(H2,6,7);5H,1-4H2. The Kier molecular flexibility index (Phi) is 4.16. The van der Waals surface area contributed by atoms with Crippen LogP contribution in [0.25, 0.3) is 0 Å². The second-order valence-electron chi connectivity index (χ2n) is 2.74. The number of nitrogen functional groups attached to an aromatic ring is 1. The van der Waals surface area contributed by atoms with Crippen LogP contribution in [0.15, 0.2) is 24.5 Å². The first-order valence-electron chi connectivity index (χ1n) is 4.26. The van der Waals surface area contributed by atoms with Crippen LogP contribution < -0.4 is 11.1 Å². The van der Waals surface area contributed by atoms with E-state index in [1.165, 1.54) is 25.9 Å².